The molecule has 0 spiro atoms. The Morgan fingerprint density at radius 2 is 1.52 bits per heavy atom. The van der Waals surface area contributed by atoms with E-state index in [0.717, 1.165) is 82.0 Å². The molecule has 0 bridgehead atoms. The van der Waals surface area contributed by atoms with Crippen LogP contribution in [-0.4, -0.2) is 15.9 Å². The van der Waals surface area contributed by atoms with Crippen LogP contribution in [0.3, 0.4) is 0 Å². The van der Waals surface area contributed by atoms with Gasteiger partial charge in [0.25, 0.3) is 0 Å². The summed E-state index contributed by atoms with van der Waals surface area (Å²) in [4.78, 5) is 17.1. The fourth-order valence-electron chi connectivity index (χ4n) is 6.77. The van der Waals surface area contributed by atoms with Crippen LogP contribution in [0.15, 0.2) is 93.7 Å². The molecule has 1 N–H and O–H groups in total. The number of carbonyl (C=O) groups is 1. The van der Waals surface area contributed by atoms with E-state index in [-0.39, 0.29) is 47.9 Å². The fraction of sp³-hybridized carbons (Fsp3) is 0.417. The standard InChI is InChI=1S/C33H30NO2.C15H28O2.Ir/c1-20(2)14-25-17-24-16-22(10-11-31(24)36-25)28-19-30(34-32-27(28)12-13-35-32)23-15-21-8-6-7-9-26(21)29(18-23)33(3,4)5;1-7-14(5,8-2)12(16)11-13(17)15(6,9-3)10-4;/h6-13,16-20H,14H2,1-5H3;11,16H,7-10H2,1-6H3;/q-1;;/b;12-11-;. The summed E-state index contributed by atoms with van der Waals surface area (Å²) in [6, 6.07) is 27.1. The molecule has 289 valence electrons. The molecule has 0 saturated carbocycles. The molecule has 1 radical (unpaired) electrons. The van der Waals surface area contributed by atoms with Crippen molar-refractivity contribution in [3.8, 4) is 22.4 Å². The summed E-state index contributed by atoms with van der Waals surface area (Å²) in [6.45, 7) is 23.3. The maximum atomic E-state index is 12.2. The summed E-state index contributed by atoms with van der Waals surface area (Å²) < 4.78 is 11.9. The van der Waals surface area contributed by atoms with Gasteiger partial charge in [0.2, 0.25) is 5.71 Å². The molecule has 0 atom stereocenters. The monoisotopic (exact) mass is 905 g/mol. The molecule has 6 rings (SSSR count). The van der Waals surface area contributed by atoms with Gasteiger partial charge in [0.05, 0.1) is 6.26 Å². The van der Waals surface area contributed by atoms with Crippen molar-refractivity contribution in [3.63, 3.8) is 0 Å². The Balaban J connectivity index is 0.000000309. The number of aliphatic hydroxyl groups excluding tert-OH is 1. The summed E-state index contributed by atoms with van der Waals surface area (Å²) in [5, 5.41) is 14.6. The smallest absolute Gasteiger partial charge is 0.219 e. The summed E-state index contributed by atoms with van der Waals surface area (Å²) in [5.74, 6) is 1.87. The first-order valence-corrected chi connectivity index (χ1v) is 19.4. The number of hydrogen-bond acceptors (Lipinski definition) is 5. The quantitative estimate of drug-likeness (QED) is 0.0796. The molecular formula is C48H58IrNO4-. The molecule has 5 nitrogen and oxygen atoms in total. The number of benzene rings is 3. The Morgan fingerprint density at radius 3 is 2.15 bits per heavy atom. The third-order valence-electron chi connectivity index (χ3n) is 11.4. The molecule has 0 aliphatic carbocycles. The van der Waals surface area contributed by atoms with Gasteiger partial charge in [-0.15, -0.1) is 29.1 Å². The van der Waals surface area contributed by atoms with Gasteiger partial charge in [-0.3, -0.25) is 9.78 Å². The maximum Gasteiger partial charge on any atom is 0.219 e. The molecule has 0 aliphatic heterocycles. The van der Waals surface area contributed by atoms with Gasteiger partial charge in [-0.05, 0) is 72.4 Å². The van der Waals surface area contributed by atoms with E-state index < -0.39 is 0 Å². The number of allylic oxidation sites excluding steroid dienone is 2. The largest absolute Gasteiger partial charge is 0.512 e. The SMILES string of the molecule is CC(C)Cc1cc2cc(-c3cc(-c4[c-]c5ccccc5c(C(C)(C)C)c4)nc4occc34)ccc2o1.CCC(C)(CC)C(=O)/C=C(\O)C(C)(CC)CC.[Ir]. The number of rotatable bonds is 11. The zero-order chi connectivity index (χ0) is 38.7. The Morgan fingerprint density at radius 1 is 0.852 bits per heavy atom. The molecule has 0 aliphatic rings. The molecule has 0 fully saturated rings. The number of carbonyl (C=O) groups excluding carboxylic acids is 1. The van der Waals surface area contributed by atoms with Crippen LogP contribution in [0.4, 0.5) is 0 Å². The van der Waals surface area contributed by atoms with Crippen molar-refractivity contribution in [2.24, 2.45) is 16.7 Å². The fourth-order valence-corrected chi connectivity index (χ4v) is 6.77. The molecule has 6 heteroatoms. The first kappa shape index (κ1) is 42.7. The van der Waals surface area contributed by atoms with Crippen LogP contribution in [0.1, 0.15) is 113 Å². The van der Waals surface area contributed by atoms with E-state index in [1.807, 2.05) is 47.6 Å². The number of aliphatic hydroxyl groups is 1. The molecule has 0 amide bonds. The zero-order valence-electron chi connectivity index (χ0n) is 34.1. The van der Waals surface area contributed by atoms with Gasteiger partial charge >= 0.3 is 0 Å². The van der Waals surface area contributed by atoms with Crippen LogP contribution in [0.2, 0.25) is 0 Å². The Bertz CT molecular complexity index is 2240. The van der Waals surface area contributed by atoms with Crippen molar-refractivity contribution in [1.82, 2.24) is 4.98 Å². The summed E-state index contributed by atoms with van der Waals surface area (Å²) >= 11 is 0. The van der Waals surface area contributed by atoms with E-state index in [2.05, 4.69) is 101 Å². The average Bonchev–Trinajstić information content (AvgIpc) is 3.79. The van der Waals surface area contributed by atoms with Crippen molar-refractivity contribution < 1.29 is 38.8 Å². The van der Waals surface area contributed by atoms with Crippen LogP contribution in [0.25, 0.3) is 55.2 Å². The normalized spacial score (nSPS) is 12.6. The maximum absolute atomic E-state index is 12.2. The van der Waals surface area contributed by atoms with E-state index in [1.54, 1.807) is 6.26 Å². The average molecular weight is 905 g/mol. The Labute approximate surface area is 336 Å². The van der Waals surface area contributed by atoms with Crippen LogP contribution >= 0.6 is 0 Å². The van der Waals surface area contributed by atoms with Crippen molar-refractivity contribution in [1.29, 1.82) is 0 Å². The van der Waals surface area contributed by atoms with E-state index in [4.69, 9.17) is 13.8 Å². The molecular weight excluding hydrogens is 847 g/mol. The number of nitrogens with zero attached hydrogens (tertiary/aromatic N) is 1. The van der Waals surface area contributed by atoms with Gasteiger partial charge in [0, 0.05) is 59.9 Å². The molecule has 0 unspecified atom stereocenters. The Kier molecular flexibility index (Phi) is 13.6. The predicted octanol–water partition coefficient (Wildman–Crippen LogP) is 14.0. The van der Waals surface area contributed by atoms with Crippen LogP contribution in [0.5, 0.6) is 0 Å². The molecule has 3 heterocycles. The topological polar surface area (TPSA) is 76.5 Å². The van der Waals surface area contributed by atoms with Crippen molar-refractivity contribution in [2.45, 2.75) is 114 Å². The van der Waals surface area contributed by atoms with Crippen LogP contribution < -0.4 is 0 Å². The summed E-state index contributed by atoms with van der Waals surface area (Å²) in [5.41, 5.74) is 6.27. The minimum Gasteiger partial charge on any atom is -0.512 e. The number of ketones is 1. The van der Waals surface area contributed by atoms with E-state index >= 15 is 0 Å². The zero-order valence-corrected chi connectivity index (χ0v) is 36.5. The van der Waals surface area contributed by atoms with Crippen molar-refractivity contribution >= 4 is 38.6 Å². The second-order valence-corrected chi connectivity index (χ2v) is 16.6. The first-order valence-electron chi connectivity index (χ1n) is 19.4. The Hall–Kier alpha value is -3.99. The van der Waals surface area contributed by atoms with Gasteiger partial charge in [-0.1, -0.05) is 117 Å². The third-order valence-corrected chi connectivity index (χ3v) is 11.4. The second-order valence-electron chi connectivity index (χ2n) is 16.6. The number of aromatic nitrogens is 1. The molecule has 6 aromatic rings. The predicted molar refractivity (Wildman–Crippen MR) is 221 cm³/mol. The number of fused-ring (bicyclic) bond motifs is 3. The number of furan rings is 2. The number of hydrogen-bond donors (Lipinski definition) is 1. The van der Waals surface area contributed by atoms with Crippen molar-refractivity contribution in [3.05, 3.63) is 102 Å². The van der Waals surface area contributed by atoms with E-state index in [9.17, 15) is 9.90 Å². The molecule has 3 aromatic carbocycles. The molecule has 54 heavy (non-hydrogen) atoms. The number of pyridine rings is 1. The minimum atomic E-state index is -0.337. The summed E-state index contributed by atoms with van der Waals surface area (Å²) in [6.07, 6.45) is 7.40. The van der Waals surface area contributed by atoms with Gasteiger partial charge in [0.1, 0.15) is 17.1 Å². The third kappa shape index (κ3) is 9.09. The second kappa shape index (κ2) is 17.2. The van der Waals surface area contributed by atoms with Crippen LogP contribution in [-0.2, 0) is 36.7 Å². The van der Waals surface area contributed by atoms with Gasteiger partial charge in [-0.25, -0.2) is 0 Å². The molecule has 3 aromatic heterocycles. The van der Waals surface area contributed by atoms with Crippen LogP contribution in [0, 0.1) is 22.8 Å². The van der Waals surface area contributed by atoms with E-state index in [0.29, 0.717) is 11.6 Å². The molecule has 0 saturated heterocycles. The van der Waals surface area contributed by atoms with Gasteiger partial charge < -0.3 is 13.9 Å². The minimum absolute atomic E-state index is 0. The van der Waals surface area contributed by atoms with Gasteiger partial charge in [-0.2, -0.15) is 0 Å². The summed E-state index contributed by atoms with van der Waals surface area (Å²) in [7, 11) is 0. The van der Waals surface area contributed by atoms with Crippen molar-refractivity contribution in [2.75, 3.05) is 0 Å². The first-order chi connectivity index (χ1) is 25.0. The van der Waals surface area contributed by atoms with E-state index in [1.165, 1.54) is 17.0 Å². The van der Waals surface area contributed by atoms with Gasteiger partial charge in [0.15, 0.2) is 5.78 Å².